The van der Waals surface area contributed by atoms with Crippen LogP contribution >= 0.6 is 0 Å². The summed E-state index contributed by atoms with van der Waals surface area (Å²) in [7, 11) is 0. The lowest BCUT2D eigenvalue weighted by molar-refractivity contribution is -0.142. The standard InChI is InChI=1S/C7H11N3O2/c1-5(2)6(7(11)12)10-4-8-3-9-10/h3-6H,1-2H3,(H,11,12)/t6-/m0/s1. The number of carbonyl (C=O) groups is 1. The number of carboxylic acids is 1. The van der Waals surface area contributed by atoms with Gasteiger partial charge in [0.05, 0.1) is 0 Å². The van der Waals surface area contributed by atoms with Gasteiger partial charge in [-0.15, -0.1) is 0 Å². The predicted molar refractivity (Wildman–Crippen MR) is 41.5 cm³/mol. The first-order valence-corrected chi connectivity index (χ1v) is 3.70. The minimum Gasteiger partial charge on any atom is -0.480 e. The Morgan fingerprint density at radius 1 is 1.58 bits per heavy atom. The third kappa shape index (κ3) is 1.61. The van der Waals surface area contributed by atoms with Gasteiger partial charge in [-0.05, 0) is 5.92 Å². The zero-order valence-corrected chi connectivity index (χ0v) is 7.01. The van der Waals surface area contributed by atoms with Gasteiger partial charge >= 0.3 is 5.97 Å². The largest absolute Gasteiger partial charge is 0.480 e. The van der Waals surface area contributed by atoms with E-state index in [0.29, 0.717) is 0 Å². The molecule has 1 aromatic heterocycles. The number of aromatic nitrogens is 3. The fourth-order valence-corrected chi connectivity index (χ4v) is 1.06. The highest BCUT2D eigenvalue weighted by Crippen LogP contribution is 2.15. The maximum absolute atomic E-state index is 10.8. The van der Waals surface area contributed by atoms with Crippen LogP contribution in [0.25, 0.3) is 0 Å². The monoisotopic (exact) mass is 169 g/mol. The Kier molecular flexibility index (Phi) is 2.42. The van der Waals surface area contributed by atoms with E-state index in [9.17, 15) is 4.79 Å². The van der Waals surface area contributed by atoms with E-state index in [0.717, 1.165) is 0 Å². The van der Waals surface area contributed by atoms with Gasteiger partial charge in [-0.3, -0.25) is 0 Å². The van der Waals surface area contributed by atoms with Crippen LogP contribution in [-0.4, -0.2) is 25.8 Å². The summed E-state index contributed by atoms with van der Waals surface area (Å²) in [6, 6.07) is -0.618. The highest BCUT2D eigenvalue weighted by molar-refractivity contribution is 5.71. The molecule has 0 saturated heterocycles. The smallest absolute Gasteiger partial charge is 0.328 e. The lowest BCUT2D eigenvalue weighted by Gasteiger charge is -2.15. The second-order valence-electron chi connectivity index (χ2n) is 2.90. The summed E-state index contributed by atoms with van der Waals surface area (Å²) in [6.45, 7) is 3.67. The predicted octanol–water partition coefficient (Wildman–Crippen LogP) is 0.560. The van der Waals surface area contributed by atoms with Crippen molar-refractivity contribution in [1.29, 1.82) is 0 Å². The summed E-state index contributed by atoms with van der Waals surface area (Å²) < 4.78 is 1.35. The molecule has 0 spiro atoms. The van der Waals surface area contributed by atoms with Gasteiger partial charge in [-0.2, -0.15) is 5.10 Å². The van der Waals surface area contributed by atoms with Crippen LogP contribution in [0.4, 0.5) is 0 Å². The van der Waals surface area contributed by atoms with Crippen molar-refractivity contribution in [1.82, 2.24) is 14.8 Å². The normalized spacial score (nSPS) is 13.2. The molecule has 0 bridgehead atoms. The van der Waals surface area contributed by atoms with Crippen LogP contribution in [0.5, 0.6) is 0 Å². The number of nitrogens with zero attached hydrogens (tertiary/aromatic N) is 3. The van der Waals surface area contributed by atoms with Gasteiger partial charge in [0, 0.05) is 0 Å². The summed E-state index contributed by atoms with van der Waals surface area (Å²) in [6.07, 6.45) is 2.75. The van der Waals surface area contributed by atoms with E-state index >= 15 is 0 Å². The Bertz CT molecular complexity index is 256. The summed E-state index contributed by atoms with van der Waals surface area (Å²) >= 11 is 0. The van der Waals surface area contributed by atoms with Crippen LogP contribution < -0.4 is 0 Å². The van der Waals surface area contributed by atoms with Crippen LogP contribution in [0.15, 0.2) is 12.7 Å². The highest BCUT2D eigenvalue weighted by Gasteiger charge is 2.23. The average Bonchev–Trinajstić information content (AvgIpc) is 2.37. The molecule has 0 radical (unpaired) electrons. The van der Waals surface area contributed by atoms with Crippen molar-refractivity contribution in [2.75, 3.05) is 0 Å². The number of carboxylic acid groups (broad SMARTS) is 1. The summed E-state index contributed by atoms with van der Waals surface area (Å²) in [5, 5.41) is 12.6. The maximum atomic E-state index is 10.8. The first-order valence-electron chi connectivity index (χ1n) is 3.70. The molecule has 0 saturated carbocycles. The van der Waals surface area contributed by atoms with E-state index in [2.05, 4.69) is 10.1 Å². The molecule has 12 heavy (non-hydrogen) atoms. The van der Waals surface area contributed by atoms with E-state index in [1.54, 1.807) is 0 Å². The average molecular weight is 169 g/mol. The summed E-state index contributed by atoms with van der Waals surface area (Å²) in [5.41, 5.74) is 0. The molecule has 0 unspecified atom stereocenters. The molecule has 0 aliphatic carbocycles. The van der Waals surface area contributed by atoms with Gasteiger partial charge in [-0.25, -0.2) is 14.5 Å². The summed E-state index contributed by atoms with van der Waals surface area (Å²) in [5.74, 6) is -0.875. The van der Waals surface area contributed by atoms with Crippen LogP contribution in [0.1, 0.15) is 19.9 Å². The molecule has 1 aromatic rings. The zero-order chi connectivity index (χ0) is 9.14. The first kappa shape index (κ1) is 8.70. The first-order chi connectivity index (χ1) is 5.63. The van der Waals surface area contributed by atoms with E-state index in [-0.39, 0.29) is 5.92 Å². The van der Waals surface area contributed by atoms with Crippen molar-refractivity contribution in [3.05, 3.63) is 12.7 Å². The fraction of sp³-hybridized carbons (Fsp3) is 0.571. The number of aliphatic carboxylic acids is 1. The molecule has 0 aliphatic heterocycles. The molecule has 1 rings (SSSR count). The zero-order valence-electron chi connectivity index (χ0n) is 7.01. The molecule has 0 aromatic carbocycles. The third-order valence-electron chi connectivity index (χ3n) is 1.61. The van der Waals surface area contributed by atoms with Crippen molar-refractivity contribution < 1.29 is 9.90 Å². The molecule has 5 nitrogen and oxygen atoms in total. The van der Waals surface area contributed by atoms with Gasteiger partial charge in [0.15, 0.2) is 6.04 Å². The Labute approximate surface area is 70.0 Å². The minimum absolute atomic E-state index is 0.00389. The highest BCUT2D eigenvalue weighted by atomic mass is 16.4. The lowest BCUT2D eigenvalue weighted by atomic mass is 10.1. The molecule has 0 amide bonds. The van der Waals surface area contributed by atoms with Gasteiger partial charge in [0.1, 0.15) is 12.7 Å². The maximum Gasteiger partial charge on any atom is 0.328 e. The molecular weight excluding hydrogens is 158 g/mol. The van der Waals surface area contributed by atoms with E-state index in [1.807, 2.05) is 13.8 Å². The Hall–Kier alpha value is -1.39. The lowest BCUT2D eigenvalue weighted by Crippen LogP contribution is -2.24. The Balaban J connectivity index is 2.88. The molecule has 1 N–H and O–H groups in total. The molecule has 0 aliphatic rings. The van der Waals surface area contributed by atoms with Gasteiger partial charge in [0.2, 0.25) is 0 Å². The number of hydrogen-bond acceptors (Lipinski definition) is 3. The fourth-order valence-electron chi connectivity index (χ4n) is 1.06. The van der Waals surface area contributed by atoms with Crippen LogP contribution in [-0.2, 0) is 4.79 Å². The quantitative estimate of drug-likeness (QED) is 0.717. The molecule has 1 atom stereocenters. The van der Waals surface area contributed by atoms with Crippen molar-refractivity contribution >= 4 is 5.97 Å². The number of hydrogen-bond donors (Lipinski definition) is 1. The van der Waals surface area contributed by atoms with E-state index < -0.39 is 12.0 Å². The van der Waals surface area contributed by atoms with E-state index in [1.165, 1.54) is 17.3 Å². The molecule has 1 heterocycles. The second-order valence-corrected chi connectivity index (χ2v) is 2.90. The van der Waals surface area contributed by atoms with Crippen LogP contribution in [0.3, 0.4) is 0 Å². The minimum atomic E-state index is -0.879. The van der Waals surface area contributed by atoms with Crippen LogP contribution in [0, 0.1) is 5.92 Å². The second kappa shape index (κ2) is 3.34. The molecule has 5 heteroatoms. The molecular formula is C7H11N3O2. The van der Waals surface area contributed by atoms with Crippen molar-refractivity contribution in [3.63, 3.8) is 0 Å². The number of rotatable bonds is 3. The molecule has 0 fully saturated rings. The van der Waals surface area contributed by atoms with Gasteiger partial charge < -0.3 is 5.11 Å². The van der Waals surface area contributed by atoms with Gasteiger partial charge in [0.25, 0.3) is 0 Å². The van der Waals surface area contributed by atoms with Gasteiger partial charge in [-0.1, -0.05) is 13.8 Å². The summed E-state index contributed by atoms with van der Waals surface area (Å²) in [4.78, 5) is 14.4. The Morgan fingerprint density at radius 2 is 2.25 bits per heavy atom. The van der Waals surface area contributed by atoms with Crippen molar-refractivity contribution in [3.8, 4) is 0 Å². The van der Waals surface area contributed by atoms with Crippen molar-refractivity contribution in [2.24, 2.45) is 5.92 Å². The van der Waals surface area contributed by atoms with Crippen LogP contribution in [0.2, 0.25) is 0 Å². The Morgan fingerprint density at radius 3 is 2.58 bits per heavy atom. The molecule has 66 valence electrons. The SMILES string of the molecule is CC(C)[C@@H](C(=O)O)n1cncn1. The van der Waals surface area contributed by atoms with E-state index in [4.69, 9.17) is 5.11 Å². The van der Waals surface area contributed by atoms with Crippen molar-refractivity contribution in [2.45, 2.75) is 19.9 Å². The third-order valence-corrected chi connectivity index (χ3v) is 1.61. The topological polar surface area (TPSA) is 68.0 Å².